The first-order chi connectivity index (χ1) is 12.9. The first kappa shape index (κ1) is 20.3. The molecule has 4 nitrogen and oxygen atoms in total. The molecule has 1 aromatic rings. The number of rotatable bonds is 7. The van der Waals surface area contributed by atoms with Crippen molar-refractivity contribution in [3.63, 3.8) is 0 Å². The number of piperidine rings is 1. The Morgan fingerprint density at radius 2 is 1.81 bits per heavy atom. The Morgan fingerprint density at radius 3 is 2.37 bits per heavy atom. The lowest BCUT2D eigenvalue weighted by atomic mass is 9.77. The van der Waals surface area contributed by atoms with Crippen LogP contribution < -0.4 is 0 Å². The number of hydrogen-bond acceptors (Lipinski definition) is 4. The highest BCUT2D eigenvalue weighted by molar-refractivity contribution is 5.78. The third-order valence-corrected chi connectivity index (χ3v) is 7.19. The van der Waals surface area contributed by atoms with Crippen LogP contribution >= 0.6 is 0 Å². The topological polar surface area (TPSA) is 49.8 Å². The summed E-state index contributed by atoms with van der Waals surface area (Å²) in [4.78, 5) is 14.7. The van der Waals surface area contributed by atoms with Crippen molar-refractivity contribution in [1.82, 2.24) is 4.90 Å². The summed E-state index contributed by atoms with van der Waals surface area (Å²) in [5, 5.41) is 11.1. The van der Waals surface area contributed by atoms with E-state index in [1.807, 2.05) is 37.3 Å². The van der Waals surface area contributed by atoms with Gasteiger partial charge in [0.25, 0.3) is 0 Å². The summed E-state index contributed by atoms with van der Waals surface area (Å²) in [5.41, 5.74) is -0.000758. The number of benzene rings is 1. The summed E-state index contributed by atoms with van der Waals surface area (Å²) in [6.45, 7) is 9.12. The van der Waals surface area contributed by atoms with Crippen molar-refractivity contribution in [3.05, 3.63) is 35.9 Å². The first-order valence-electron chi connectivity index (χ1n) is 10.6. The molecule has 0 saturated carbocycles. The van der Waals surface area contributed by atoms with Gasteiger partial charge < -0.3 is 14.7 Å². The zero-order valence-electron chi connectivity index (χ0n) is 17.1. The smallest absolute Gasteiger partial charge is 0.312 e. The van der Waals surface area contributed by atoms with E-state index in [4.69, 9.17) is 4.74 Å². The third-order valence-electron chi connectivity index (χ3n) is 7.19. The lowest BCUT2D eigenvalue weighted by Gasteiger charge is -2.40. The molecule has 0 aromatic heterocycles. The Balaban J connectivity index is 1.47. The van der Waals surface area contributed by atoms with Crippen LogP contribution in [0.1, 0.15) is 64.9 Å². The molecule has 2 aliphatic heterocycles. The molecule has 150 valence electrons. The molecule has 0 amide bonds. The number of carbonyl (C=O) groups is 1. The van der Waals surface area contributed by atoms with Gasteiger partial charge in [-0.05, 0) is 63.6 Å². The van der Waals surface area contributed by atoms with Crippen molar-refractivity contribution in [2.45, 2.75) is 71.0 Å². The van der Waals surface area contributed by atoms with E-state index in [-0.39, 0.29) is 23.4 Å². The quantitative estimate of drug-likeness (QED) is 0.731. The van der Waals surface area contributed by atoms with Crippen LogP contribution in [0.25, 0.3) is 0 Å². The van der Waals surface area contributed by atoms with Crippen LogP contribution in [0.3, 0.4) is 0 Å². The molecule has 2 heterocycles. The van der Waals surface area contributed by atoms with Crippen LogP contribution in [0.4, 0.5) is 0 Å². The van der Waals surface area contributed by atoms with Crippen LogP contribution in [-0.2, 0) is 15.1 Å². The number of carbonyl (C=O) groups excluding carboxylic acids is 1. The van der Waals surface area contributed by atoms with Gasteiger partial charge in [-0.1, -0.05) is 44.2 Å². The van der Waals surface area contributed by atoms with Gasteiger partial charge in [0.2, 0.25) is 0 Å². The third kappa shape index (κ3) is 4.22. The molecule has 0 bridgehead atoms. The maximum atomic E-state index is 12.2. The zero-order valence-corrected chi connectivity index (χ0v) is 17.1. The molecule has 2 fully saturated rings. The molecular weight excluding hydrogens is 338 g/mol. The van der Waals surface area contributed by atoms with Crippen LogP contribution in [0.5, 0.6) is 0 Å². The number of likely N-dealkylation sites (tertiary alicyclic amines) is 1. The van der Waals surface area contributed by atoms with Crippen molar-refractivity contribution in [3.8, 4) is 0 Å². The van der Waals surface area contributed by atoms with Gasteiger partial charge in [-0.25, -0.2) is 0 Å². The molecule has 2 atom stereocenters. The Morgan fingerprint density at radius 1 is 1.19 bits per heavy atom. The number of aliphatic hydroxyl groups is 1. The highest BCUT2D eigenvalue weighted by Crippen LogP contribution is 2.41. The summed E-state index contributed by atoms with van der Waals surface area (Å²) in [5.74, 6) is 0.295. The molecule has 2 aliphatic rings. The van der Waals surface area contributed by atoms with Gasteiger partial charge in [-0.2, -0.15) is 0 Å². The number of ether oxygens (including phenoxy) is 1. The minimum atomic E-state index is -0.768. The van der Waals surface area contributed by atoms with Crippen molar-refractivity contribution >= 4 is 5.97 Å². The Bertz CT molecular complexity index is 616. The lowest BCUT2D eigenvalue weighted by molar-refractivity contribution is -0.149. The molecule has 1 aromatic carbocycles. The number of nitrogens with zero attached hydrogens (tertiary/aromatic N) is 1. The van der Waals surface area contributed by atoms with E-state index in [1.54, 1.807) is 0 Å². The molecule has 2 unspecified atom stereocenters. The van der Waals surface area contributed by atoms with Crippen LogP contribution in [0.15, 0.2) is 30.3 Å². The van der Waals surface area contributed by atoms with Crippen molar-refractivity contribution in [2.75, 3.05) is 19.6 Å². The Hall–Kier alpha value is -1.39. The van der Waals surface area contributed by atoms with E-state index in [1.165, 1.54) is 0 Å². The summed E-state index contributed by atoms with van der Waals surface area (Å²) in [6.07, 6.45) is 5.62. The van der Waals surface area contributed by atoms with E-state index < -0.39 is 5.60 Å². The first-order valence-corrected chi connectivity index (χ1v) is 10.6. The number of esters is 1. The summed E-state index contributed by atoms with van der Waals surface area (Å²) >= 11 is 0. The van der Waals surface area contributed by atoms with Gasteiger partial charge in [0.15, 0.2) is 0 Å². The van der Waals surface area contributed by atoms with Crippen LogP contribution in [0, 0.1) is 11.3 Å². The summed E-state index contributed by atoms with van der Waals surface area (Å²) in [7, 11) is 0. The highest BCUT2D eigenvalue weighted by Gasteiger charge is 2.46. The van der Waals surface area contributed by atoms with Crippen molar-refractivity contribution in [1.29, 1.82) is 0 Å². The second kappa shape index (κ2) is 8.32. The standard InChI is InChI=1S/C23H35NO3/c1-4-23(5-2)17-20(27-21(23)25)13-16-24-14-11-19(12-15-24)22(3,26)18-9-7-6-8-10-18/h6-10,19-20,26H,4-5,11-17H2,1-3H3. The van der Waals surface area contributed by atoms with E-state index in [2.05, 4.69) is 18.7 Å². The molecule has 1 N–H and O–H groups in total. The summed E-state index contributed by atoms with van der Waals surface area (Å²) in [6, 6.07) is 10.0. The van der Waals surface area contributed by atoms with E-state index in [0.717, 1.165) is 63.7 Å². The van der Waals surface area contributed by atoms with Gasteiger partial charge in [0, 0.05) is 13.0 Å². The molecule has 0 radical (unpaired) electrons. The molecule has 3 rings (SSSR count). The van der Waals surface area contributed by atoms with Crippen LogP contribution in [-0.4, -0.2) is 41.7 Å². The maximum Gasteiger partial charge on any atom is 0.312 e. The monoisotopic (exact) mass is 373 g/mol. The number of cyclic esters (lactones) is 1. The van der Waals surface area contributed by atoms with Gasteiger partial charge in [-0.15, -0.1) is 0 Å². The van der Waals surface area contributed by atoms with Gasteiger partial charge in [0.1, 0.15) is 6.10 Å². The fraction of sp³-hybridized carbons (Fsp3) is 0.696. The minimum absolute atomic E-state index is 0.00937. The SMILES string of the molecule is CCC1(CC)CC(CCN2CCC(C(C)(O)c3ccccc3)CC2)OC1=O. The summed E-state index contributed by atoms with van der Waals surface area (Å²) < 4.78 is 5.68. The second-order valence-corrected chi connectivity index (χ2v) is 8.64. The van der Waals surface area contributed by atoms with Crippen molar-refractivity contribution in [2.24, 2.45) is 11.3 Å². The largest absolute Gasteiger partial charge is 0.462 e. The number of hydrogen-bond donors (Lipinski definition) is 1. The molecule has 0 spiro atoms. The van der Waals surface area contributed by atoms with E-state index >= 15 is 0 Å². The average molecular weight is 374 g/mol. The fourth-order valence-corrected chi connectivity index (χ4v) is 4.88. The second-order valence-electron chi connectivity index (χ2n) is 8.64. The van der Waals surface area contributed by atoms with Gasteiger partial charge in [0.05, 0.1) is 11.0 Å². The normalized spacial score (nSPS) is 25.9. The predicted octanol–water partition coefficient (Wildman–Crippen LogP) is 4.12. The molecule has 4 heteroatoms. The fourth-order valence-electron chi connectivity index (χ4n) is 4.88. The molecule has 2 saturated heterocycles. The molecular formula is C23H35NO3. The average Bonchev–Trinajstić information content (AvgIpc) is 3.03. The Labute approximate surface area is 163 Å². The predicted molar refractivity (Wildman–Crippen MR) is 107 cm³/mol. The lowest BCUT2D eigenvalue weighted by Crippen LogP contribution is -2.42. The molecule has 0 aliphatic carbocycles. The van der Waals surface area contributed by atoms with Gasteiger partial charge >= 0.3 is 5.97 Å². The minimum Gasteiger partial charge on any atom is -0.462 e. The Kier molecular flexibility index (Phi) is 6.27. The van der Waals surface area contributed by atoms with E-state index in [0.29, 0.717) is 0 Å². The van der Waals surface area contributed by atoms with E-state index in [9.17, 15) is 9.90 Å². The highest BCUT2D eigenvalue weighted by atomic mass is 16.6. The molecule has 27 heavy (non-hydrogen) atoms. The zero-order chi connectivity index (χ0) is 19.5. The van der Waals surface area contributed by atoms with Crippen molar-refractivity contribution < 1.29 is 14.6 Å². The maximum absolute atomic E-state index is 12.2. The van der Waals surface area contributed by atoms with Gasteiger partial charge in [-0.3, -0.25) is 4.79 Å². The van der Waals surface area contributed by atoms with Crippen LogP contribution in [0.2, 0.25) is 0 Å².